The van der Waals surface area contributed by atoms with Gasteiger partial charge >= 0.3 is 0 Å². The Morgan fingerprint density at radius 2 is 2.00 bits per heavy atom. The monoisotopic (exact) mass is 389 g/mol. The van der Waals surface area contributed by atoms with Crippen LogP contribution in [0.4, 0.5) is 4.39 Å². The number of hydrogen-bond acceptors (Lipinski definition) is 4. The first kappa shape index (κ1) is 20.0. The zero-order valence-electron chi connectivity index (χ0n) is 16.3. The van der Waals surface area contributed by atoms with Crippen molar-refractivity contribution < 1.29 is 9.18 Å². The first-order chi connectivity index (χ1) is 13.0. The summed E-state index contributed by atoms with van der Waals surface area (Å²) in [5, 5.41) is 3.29. The van der Waals surface area contributed by atoms with Crippen LogP contribution in [0.1, 0.15) is 43.5 Å². The van der Waals surface area contributed by atoms with Crippen molar-refractivity contribution in [1.29, 1.82) is 0 Å². The van der Waals surface area contributed by atoms with Crippen LogP contribution in [0, 0.1) is 11.7 Å². The van der Waals surface area contributed by atoms with Crippen molar-refractivity contribution in [2.45, 2.75) is 52.7 Å². The minimum absolute atomic E-state index is 0.134. The molecule has 0 unspecified atom stereocenters. The summed E-state index contributed by atoms with van der Waals surface area (Å²) in [6.07, 6.45) is 1.47. The maximum atomic E-state index is 13.2. The van der Waals surface area contributed by atoms with Crippen LogP contribution in [-0.4, -0.2) is 39.8 Å². The molecule has 0 saturated carbocycles. The van der Waals surface area contributed by atoms with E-state index >= 15 is 0 Å². The molecule has 3 rings (SSSR count). The molecule has 0 spiro atoms. The Kier molecular flexibility index (Phi) is 6.60. The molecule has 1 atom stereocenters. The van der Waals surface area contributed by atoms with Crippen LogP contribution in [0.3, 0.4) is 0 Å². The summed E-state index contributed by atoms with van der Waals surface area (Å²) in [5.74, 6) is 0.270. The molecular weight excluding hydrogens is 361 g/mol. The fraction of sp³-hybridized carbons (Fsp3) is 0.524. The van der Waals surface area contributed by atoms with Gasteiger partial charge < -0.3 is 4.90 Å². The lowest BCUT2D eigenvalue weighted by atomic mass is 10.0. The summed E-state index contributed by atoms with van der Waals surface area (Å²) in [5.41, 5.74) is 2.06. The number of hydrogen-bond donors (Lipinski definition) is 0. The van der Waals surface area contributed by atoms with Gasteiger partial charge in [-0.3, -0.25) is 9.69 Å². The van der Waals surface area contributed by atoms with Gasteiger partial charge in [-0.25, -0.2) is 9.37 Å². The molecular formula is C21H28FN3OS. The SMILES string of the molecule is CCc1nc(CN2CCC(=O)N(Cc3ccc(F)cc3)[C@H](C(C)C)C2)cs1. The van der Waals surface area contributed by atoms with E-state index in [0.29, 0.717) is 18.9 Å². The van der Waals surface area contributed by atoms with Gasteiger partial charge in [-0.05, 0) is 30.0 Å². The van der Waals surface area contributed by atoms with Crippen molar-refractivity contribution in [2.24, 2.45) is 5.92 Å². The number of halogens is 1. The van der Waals surface area contributed by atoms with Crippen molar-refractivity contribution >= 4 is 17.2 Å². The molecule has 1 aliphatic heterocycles. The fourth-order valence-corrected chi connectivity index (χ4v) is 4.29. The Morgan fingerprint density at radius 3 is 2.63 bits per heavy atom. The topological polar surface area (TPSA) is 36.4 Å². The summed E-state index contributed by atoms with van der Waals surface area (Å²) in [6, 6.07) is 6.59. The van der Waals surface area contributed by atoms with Crippen LogP contribution in [0.25, 0.3) is 0 Å². The standard InChI is InChI=1S/C21H28FN3OS/c1-4-20-23-18(14-27-20)12-24-10-9-21(26)25(19(13-24)15(2)3)11-16-5-7-17(22)8-6-16/h5-8,14-15,19H,4,9-13H2,1-3H3/t19-/m0/s1. The Hall–Kier alpha value is -1.79. The van der Waals surface area contributed by atoms with Crippen molar-refractivity contribution in [3.05, 3.63) is 51.7 Å². The second kappa shape index (κ2) is 8.93. The fourth-order valence-electron chi connectivity index (χ4n) is 3.56. The van der Waals surface area contributed by atoms with Gasteiger partial charge in [0.15, 0.2) is 0 Å². The maximum absolute atomic E-state index is 13.2. The molecule has 0 N–H and O–H groups in total. The summed E-state index contributed by atoms with van der Waals surface area (Å²) >= 11 is 1.71. The van der Waals surface area contributed by atoms with Gasteiger partial charge in [0.2, 0.25) is 5.91 Å². The number of aryl methyl sites for hydroxylation is 1. The summed E-state index contributed by atoms with van der Waals surface area (Å²) in [7, 11) is 0. The summed E-state index contributed by atoms with van der Waals surface area (Å²) in [4.78, 5) is 21.9. The molecule has 146 valence electrons. The molecule has 1 fully saturated rings. The van der Waals surface area contributed by atoms with Crippen LogP contribution < -0.4 is 0 Å². The Balaban J connectivity index is 1.74. The second-order valence-corrected chi connectivity index (χ2v) is 8.47. The minimum Gasteiger partial charge on any atom is -0.334 e. The van der Waals surface area contributed by atoms with Gasteiger partial charge in [0, 0.05) is 44.0 Å². The predicted molar refractivity (Wildman–Crippen MR) is 107 cm³/mol. The van der Waals surface area contributed by atoms with Crippen molar-refractivity contribution in [1.82, 2.24) is 14.8 Å². The third-order valence-electron chi connectivity index (χ3n) is 5.13. The molecule has 1 aliphatic rings. The van der Waals surface area contributed by atoms with Crippen molar-refractivity contribution in [2.75, 3.05) is 13.1 Å². The number of amides is 1. The summed E-state index contributed by atoms with van der Waals surface area (Å²) in [6.45, 7) is 9.36. The number of rotatable bonds is 6. The largest absolute Gasteiger partial charge is 0.334 e. The summed E-state index contributed by atoms with van der Waals surface area (Å²) < 4.78 is 13.2. The highest BCUT2D eigenvalue weighted by Crippen LogP contribution is 2.22. The molecule has 0 radical (unpaired) electrons. The lowest BCUT2D eigenvalue weighted by molar-refractivity contribution is -0.134. The quantitative estimate of drug-likeness (QED) is 0.746. The molecule has 0 aliphatic carbocycles. The number of carbonyl (C=O) groups excluding carboxylic acids is 1. The molecule has 2 heterocycles. The van der Waals surface area contributed by atoms with Crippen LogP contribution in [0.5, 0.6) is 0 Å². The first-order valence-corrected chi connectivity index (χ1v) is 10.5. The normalized spacial score (nSPS) is 18.9. The van der Waals surface area contributed by atoms with E-state index in [2.05, 4.69) is 36.0 Å². The number of aromatic nitrogens is 1. The third-order valence-corrected chi connectivity index (χ3v) is 6.17. The molecule has 6 heteroatoms. The lowest BCUT2D eigenvalue weighted by Crippen LogP contribution is -2.45. The highest BCUT2D eigenvalue weighted by atomic mass is 32.1. The van der Waals surface area contributed by atoms with E-state index in [9.17, 15) is 9.18 Å². The smallest absolute Gasteiger partial charge is 0.224 e. The lowest BCUT2D eigenvalue weighted by Gasteiger charge is -2.34. The van der Waals surface area contributed by atoms with Gasteiger partial charge in [-0.15, -0.1) is 11.3 Å². The van der Waals surface area contributed by atoms with Crippen LogP contribution in [0.15, 0.2) is 29.6 Å². The molecule has 4 nitrogen and oxygen atoms in total. The Morgan fingerprint density at radius 1 is 1.26 bits per heavy atom. The third kappa shape index (κ3) is 5.14. The molecule has 1 amide bonds. The van der Waals surface area contributed by atoms with Crippen molar-refractivity contribution in [3.8, 4) is 0 Å². The highest BCUT2D eigenvalue weighted by Gasteiger charge is 2.31. The van der Waals surface area contributed by atoms with E-state index in [-0.39, 0.29) is 17.8 Å². The molecule has 0 bridgehead atoms. The molecule has 2 aromatic rings. The van der Waals surface area contributed by atoms with Gasteiger partial charge in [-0.2, -0.15) is 0 Å². The minimum atomic E-state index is -0.248. The van der Waals surface area contributed by atoms with Gasteiger partial charge in [0.25, 0.3) is 0 Å². The number of carbonyl (C=O) groups is 1. The predicted octanol–water partition coefficient (Wildman–Crippen LogP) is 4.10. The van der Waals surface area contributed by atoms with Crippen LogP contribution in [-0.2, 0) is 24.3 Å². The maximum Gasteiger partial charge on any atom is 0.224 e. The number of benzene rings is 1. The van der Waals surface area contributed by atoms with E-state index in [1.807, 2.05) is 4.90 Å². The average Bonchev–Trinajstić information content (AvgIpc) is 3.04. The first-order valence-electron chi connectivity index (χ1n) is 9.65. The molecule has 1 aromatic heterocycles. The van der Waals surface area contributed by atoms with Crippen LogP contribution >= 0.6 is 11.3 Å². The molecule has 1 aromatic carbocycles. The van der Waals surface area contributed by atoms with E-state index in [1.165, 1.54) is 12.1 Å². The molecule has 1 saturated heterocycles. The highest BCUT2D eigenvalue weighted by molar-refractivity contribution is 7.09. The molecule has 27 heavy (non-hydrogen) atoms. The number of nitrogens with zero attached hydrogens (tertiary/aromatic N) is 3. The second-order valence-electron chi connectivity index (χ2n) is 7.53. The van der Waals surface area contributed by atoms with Gasteiger partial charge in [-0.1, -0.05) is 32.9 Å². The Labute approximate surface area is 165 Å². The van der Waals surface area contributed by atoms with E-state index in [0.717, 1.165) is 42.3 Å². The van der Waals surface area contributed by atoms with Gasteiger partial charge in [0.1, 0.15) is 5.82 Å². The van der Waals surface area contributed by atoms with Crippen LogP contribution in [0.2, 0.25) is 0 Å². The van der Waals surface area contributed by atoms with Crippen molar-refractivity contribution in [3.63, 3.8) is 0 Å². The van der Waals surface area contributed by atoms with E-state index in [4.69, 9.17) is 0 Å². The van der Waals surface area contributed by atoms with Gasteiger partial charge in [0.05, 0.1) is 10.7 Å². The zero-order valence-corrected chi connectivity index (χ0v) is 17.1. The zero-order chi connectivity index (χ0) is 19.4. The average molecular weight is 390 g/mol. The number of thiazole rings is 1. The van der Waals surface area contributed by atoms with E-state index < -0.39 is 0 Å². The Bertz CT molecular complexity index is 759. The van der Waals surface area contributed by atoms with E-state index in [1.54, 1.807) is 23.5 Å².